The van der Waals surface area contributed by atoms with Crippen molar-refractivity contribution >= 4 is 0 Å². The fraction of sp³-hybridized carbons (Fsp3) is 1.00. The van der Waals surface area contributed by atoms with Gasteiger partial charge in [-0.25, -0.2) is 0 Å². The summed E-state index contributed by atoms with van der Waals surface area (Å²) in [6.07, 6.45) is 1.26. The van der Waals surface area contributed by atoms with Crippen LogP contribution in [-0.2, 0) is 0 Å². The molecule has 0 saturated carbocycles. The summed E-state index contributed by atoms with van der Waals surface area (Å²) < 4.78 is 0. The minimum absolute atomic E-state index is 1.21. The highest BCUT2D eigenvalue weighted by atomic mass is 15.0. The molecule has 0 rings (SSSR count). The zero-order chi connectivity index (χ0) is 4.99. The first-order valence-electron chi connectivity index (χ1n) is 2.42. The van der Waals surface area contributed by atoms with E-state index >= 15 is 0 Å². The lowest BCUT2D eigenvalue weighted by atomic mass is 10.5. The van der Waals surface area contributed by atoms with Crippen LogP contribution in [0, 0.1) is 0 Å². The minimum Gasteiger partial charge on any atom is -0.309 e. The van der Waals surface area contributed by atoms with Gasteiger partial charge in [-0.2, -0.15) is 0 Å². The van der Waals surface area contributed by atoms with Crippen LogP contribution in [-0.4, -0.2) is 25.5 Å². The summed E-state index contributed by atoms with van der Waals surface area (Å²) in [6, 6.07) is 0. The predicted octanol–water partition coefficient (Wildman–Crippen LogP) is 0.958. The third kappa shape index (κ3) is 3.96. The quantitative estimate of drug-likeness (QED) is 0.485. The molecule has 0 aliphatic heterocycles. The Bertz CT molecular complexity index is 25.1. The second-order valence-corrected chi connectivity index (χ2v) is 1.80. The van der Waals surface area contributed by atoms with Crippen LogP contribution in [0.3, 0.4) is 0 Å². The van der Waals surface area contributed by atoms with Crippen molar-refractivity contribution in [2.75, 3.05) is 20.6 Å². The predicted molar refractivity (Wildman–Crippen MR) is 28.8 cm³/mol. The summed E-state index contributed by atoms with van der Waals surface area (Å²) in [4.78, 5) is 2.18. The molecule has 0 spiro atoms. The molecule has 0 unspecified atom stereocenters. The number of hydrogen-bond donors (Lipinski definition) is 0. The summed E-state index contributed by atoms with van der Waals surface area (Å²) in [5.41, 5.74) is 0. The highest BCUT2D eigenvalue weighted by molar-refractivity contribution is 4.34. The number of rotatable bonds is 2. The van der Waals surface area contributed by atoms with Gasteiger partial charge in [-0.15, -0.1) is 0 Å². The molecule has 0 fully saturated rings. The van der Waals surface area contributed by atoms with Gasteiger partial charge in [-0.05, 0) is 27.1 Å². The van der Waals surface area contributed by atoms with Gasteiger partial charge in [0.1, 0.15) is 0 Å². The average molecular weight is 87.2 g/mol. The molecule has 0 aliphatic carbocycles. The van der Waals surface area contributed by atoms with E-state index in [1.54, 1.807) is 0 Å². The molecule has 0 atom stereocenters. The fourth-order valence-electron chi connectivity index (χ4n) is 0.447. The average Bonchev–Trinajstić information content (AvgIpc) is 1.35. The van der Waals surface area contributed by atoms with Gasteiger partial charge in [-0.3, -0.25) is 0 Å². The van der Waals surface area contributed by atoms with Gasteiger partial charge in [-0.1, -0.05) is 6.92 Å². The summed E-state index contributed by atoms with van der Waals surface area (Å²) in [5.74, 6) is 0. The van der Waals surface area contributed by atoms with E-state index in [9.17, 15) is 0 Å². The Morgan fingerprint density at radius 1 is 1.33 bits per heavy atom. The lowest BCUT2D eigenvalue weighted by Crippen LogP contribution is -2.11. The molecular formula is C5H13N. The first kappa shape index (κ1) is 5.96. The van der Waals surface area contributed by atoms with Crippen molar-refractivity contribution in [1.82, 2.24) is 4.90 Å². The summed E-state index contributed by atoms with van der Waals surface area (Å²) in [7, 11) is 4.17. The maximum atomic E-state index is 2.18. The molecule has 0 aromatic carbocycles. The first-order valence-corrected chi connectivity index (χ1v) is 2.42. The Balaban J connectivity index is 2.63. The second-order valence-electron chi connectivity index (χ2n) is 1.80. The molecule has 0 aromatic rings. The third-order valence-corrected chi connectivity index (χ3v) is 0.671. The zero-order valence-corrected chi connectivity index (χ0v) is 4.86. The van der Waals surface area contributed by atoms with Gasteiger partial charge >= 0.3 is 0 Å². The van der Waals surface area contributed by atoms with Crippen molar-refractivity contribution in [3.05, 3.63) is 0 Å². The van der Waals surface area contributed by atoms with Crippen LogP contribution in [0.25, 0.3) is 0 Å². The molecule has 0 bridgehead atoms. The van der Waals surface area contributed by atoms with Crippen LogP contribution in [0.4, 0.5) is 0 Å². The lowest BCUT2D eigenvalue weighted by molar-refractivity contribution is 0.408. The highest BCUT2D eigenvalue weighted by Gasteiger charge is 1.79. The Labute approximate surface area is 40.0 Å². The molecule has 0 saturated heterocycles. The third-order valence-electron chi connectivity index (χ3n) is 0.671. The SMILES string of the molecule is CCCN(C)C. The topological polar surface area (TPSA) is 3.24 Å². The van der Waals surface area contributed by atoms with E-state index < -0.39 is 0 Å². The van der Waals surface area contributed by atoms with Crippen molar-refractivity contribution in [3.8, 4) is 0 Å². The van der Waals surface area contributed by atoms with E-state index in [1.165, 1.54) is 13.0 Å². The van der Waals surface area contributed by atoms with Gasteiger partial charge in [0.15, 0.2) is 0 Å². The van der Waals surface area contributed by atoms with Gasteiger partial charge in [0.05, 0.1) is 0 Å². The molecular weight excluding hydrogens is 74.1 g/mol. The first-order chi connectivity index (χ1) is 2.77. The summed E-state index contributed by atoms with van der Waals surface area (Å²) >= 11 is 0. The molecule has 0 heterocycles. The Kier molecular flexibility index (Phi) is 3.14. The van der Waals surface area contributed by atoms with Crippen LogP contribution < -0.4 is 0 Å². The van der Waals surface area contributed by atoms with Crippen LogP contribution in [0.15, 0.2) is 0 Å². The summed E-state index contributed by atoms with van der Waals surface area (Å²) in [6.45, 7) is 3.39. The van der Waals surface area contributed by atoms with Gasteiger partial charge < -0.3 is 4.90 Å². The van der Waals surface area contributed by atoms with E-state index in [-0.39, 0.29) is 0 Å². The molecule has 0 aromatic heterocycles. The highest BCUT2D eigenvalue weighted by Crippen LogP contribution is 1.76. The fourth-order valence-corrected chi connectivity index (χ4v) is 0.447. The monoisotopic (exact) mass is 87.1 g/mol. The van der Waals surface area contributed by atoms with Crippen LogP contribution in [0.1, 0.15) is 13.3 Å². The van der Waals surface area contributed by atoms with Gasteiger partial charge in [0, 0.05) is 0 Å². The van der Waals surface area contributed by atoms with E-state index in [0.717, 1.165) is 0 Å². The number of hydrogen-bond acceptors (Lipinski definition) is 1. The van der Waals surface area contributed by atoms with Crippen molar-refractivity contribution < 1.29 is 0 Å². The molecule has 0 N–H and O–H groups in total. The molecule has 0 amide bonds. The molecule has 38 valence electrons. The normalized spacial score (nSPS) is 10.0. The van der Waals surface area contributed by atoms with Crippen LogP contribution in [0.5, 0.6) is 0 Å². The minimum atomic E-state index is 1.21. The molecule has 1 nitrogen and oxygen atoms in total. The maximum Gasteiger partial charge on any atom is -0.00275 e. The lowest BCUT2D eigenvalue weighted by Gasteiger charge is -2.03. The van der Waals surface area contributed by atoms with Gasteiger partial charge in [0.2, 0.25) is 0 Å². The molecule has 0 radical (unpaired) electrons. The van der Waals surface area contributed by atoms with Crippen LogP contribution in [0.2, 0.25) is 0 Å². The zero-order valence-electron chi connectivity index (χ0n) is 4.86. The van der Waals surface area contributed by atoms with E-state index in [1.807, 2.05) is 0 Å². The van der Waals surface area contributed by atoms with E-state index in [0.29, 0.717) is 0 Å². The standard InChI is InChI=1S/C5H13N/c1-4-5-6(2)3/h4-5H2,1-3H3. The Morgan fingerprint density at radius 2 is 1.83 bits per heavy atom. The van der Waals surface area contributed by atoms with Crippen molar-refractivity contribution in [2.24, 2.45) is 0 Å². The molecule has 6 heavy (non-hydrogen) atoms. The molecule has 1 heteroatoms. The second kappa shape index (κ2) is 3.16. The van der Waals surface area contributed by atoms with Crippen LogP contribution >= 0.6 is 0 Å². The largest absolute Gasteiger partial charge is 0.309 e. The van der Waals surface area contributed by atoms with Crippen molar-refractivity contribution in [3.63, 3.8) is 0 Å². The number of nitrogens with zero attached hydrogens (tertiary/aromatic N) is 1. The van der Waals surface area contributed by atoms with E-state index in [4.69, 9.17) is 0 Å². The smallest absolute Gasteiger partial charge is 0.00275 e. The molecule has 0 aliphatic rings. The van der Waals surface area contributed by atoms with Crippen molar-refractivity contribution in [2.45, 2.75) is 13.3 Å². The summed E-state index contributed by atoms with van der Waals surface area (Å²) in [5, 5.41) is 0. The Morgan fingerprint density at radius 3 is 1.83 bits per heavy atom. The Hall–Kier alpha value is -0.0400. The van der Waals surface area contributed by atoms with Gasteiger partial charge in [0.25, 0.3) is 0 Å². The maximum absolute atomic E-state index is 2.18. The van der Waals surface area contributed by atoms with E-state index in [2.05, 4.69) is 25.9 Å². The van der Waals surface area contributed by atoms with Crippen molar-refractivity contribution in [1.29, 1.82) is 0 Å².